The van der Waals surface area contributed by atoms with Gasteiger partial charge < -0.3 is 5.32 Å². The van der Waals surface area contributed by atoms with E-state index in [1.165, 1.54) is 27.8 Å². The normalized spacial score (nSPS) is 10.8. The summed E-state index contributed by atoms with van der Waals surface area (Å²) in [4.78, 5) is 24.8. The van der Waals surface area contributed by atoms with Crippen LogP contribution in [0.1, 0.15) is 5.69 Å². The van der Waals surface area contributed by atoms with Crippen LogP contribution in [0.5, 0.6) is 0 Å². The lowest BCUT2D eigenvalue weighted by molar-refractivity contribution is -0.113. The number of amides is 1. The zero-order valence-corrected chi connectivity index (χ0v) is 14.7. The summed E-state index contributed by atoms with van der Waals surface area (Å²) in [6.45, 7) is 1.80. The van der Waals surface area contributed by atoms with Gasteiger partial charge in [-0.2, -0.15) is 0 Å². The molecule has 0 radical (unpaired) electrons. The number of benzene rings is 1. The van der Waals surface area contributed by atoms with E-state index >= 15 is 0 Å². The van der Waals surface area contributed by atoms with E-state index < -0.39 is 0 Å². The zero-order valence-electron chi connectivity index (χ0n) is 13.1. The Hall–Kier alpha value is -2.39. The molecule has 0 saturated carbocycles. The molecular formula is C15H15N5O2S2. The Morgan fingerprint density at radius 3 is 2.75 bits per heavy atom. The minimum atomic E-state index is -0.254. The molecule has 7 nitrogen and oxygen atoms in total. The molecule has 24 heavy (non-hydrogen) atoms. The molecular weight excluding hydrogens is 346 g/mol. The van der Waals surface area contributed by atoms with Crippen molar-refractivity contribution in [2.45, 2.75) is 11.3 Å². The first kappa shape index (κ1) is 16.5. The van der Waals surface area contributed by atoms with Gasteiger partial charge in [-0.25, -0.2) is 4.68 Å². The van der Waals surface area contributed by atoms with E-state index in [0.717, 1.165) is 10.0 Å². The molecule has 2 heterocycles. The molecule has 0 unspecified atom stereocenters. The minimum Gasteiger partial charge on any atom is -0.319 e. The molecule has 9 heteroatoms. The number of nitrogens with zero attached hydrogens (tertiary/aromatic N) is 4. The third-order valence-electron chi connectivity index (χ3n) is 3.49. The summed E-state index contributed by atoms with van der Waals surface area (Å²) in [6.07, 6.45) is 0. The summed E-state index contributed by atoms with van der Waals surface area (Å²) in [7, 11) is 1.79. The van der Waals surface area contributed by atoms with Crippen LogP contribution in [0.3, 0.4) is 0 Å². The minimum absolute atomic E-state index is 0.175. The van der Waals surface area contributed by atoms with Gasteiger partial charge >= 0.3 is 0 Å². The molecule has 0 bridgehead atoms. The van der Waals surface area contributed by atoms with Crippen LogP contribution in [0.4, 0.5) is 5.69 Å². The van der Waals surface area contributed by atoms with Crippen molar-refractivity contribution in [2.24, 2.45) is 7.05 Å². The quantitative estimate of drug-likeness (QED) is 0.704. The fraction of sp³-hybridized carbons (Fsp3) is 0.200. The Balaban J connectivity index is 1.81. The van der Waals surface area contributed by atoms with Gasteiger partial charge in [-0.15, -0.1) is 10.2 Å². The molecule has 0 aliphatic heterocycles. The van der Waals surface area contributed by atoms with Crippen LogP contribution in [0.25, 0.3) is 5.69 Å². The second-order valence-electron chi connectivity index (χ2n) is 4.98. The molecule has 0 fully saturated rings. The summed E-state index contributed by atoms with van der Waals surface area (Å²) in [6, 6.07) is 9.30. The average Bonchev–Trinajstić information content (AvgIpc) is 3.17. The molecule has 3 rings (SSSR count). The lowest BCUT2D eigenvalue weighted by atomic mass is 10.3. The van der Waals surface area contributed by atoms with Crippen molar-refractivity contribution >= 4 is 34.7 Å². The highest BCUT2D eigenvalue weighted by Gasteiger charge is 2.18. The maximum Gasteiger partial charge on any atom is 0.295 e. The number of para-hydroxylation sites is 1. The van der Waals surface area contributed by atoms with Crippen LogP contribution in [0.15, 0.2) is 45.0 Å². The van der Waals surface area contributed by atoms with Crippen molar-refractivity contribution in [2.75, 3.05) is 11.1 Å². The number of rotatable bonds is 5. The van der Waals surface area contributed by atoms with Gasteiger partial charge in [0, 0.05) is 7.05 Å². The fourth-order valence-corrected chi connectivity index (χ4v) is 3.53. The standard InChI is InChI=1S/C15H15N5O2S2/c1-10-13(17-12(21)8-23-15-18-16-9-24-15)14(22)20(19(10)2)11-6-4-3-5-7-11/h3-7,9H,8H2,1-2H3,(H,17,21). The van der Waals surface area contributed by atoms with Gasteiger partial charge in [-0.1, -0.05) is 41.3 Å². The third kappa shape index (κ3) is 3.26. The molecule has 1 aromatic carbocycles. The predicted molar refractivity (Wildman–Crippen MR) is 95.0 cm³/mol. The Morgan fingerprint density at radius 2 is 2.08 bits per heavy atom. The summed E-state index contributed by atoms with van der Waals surface area (Å²) >= 11 is 2.66. The number of carbonyl (C=O) groups is 1. The maximum atomic E-state index is 12.7. The SMILES string of the molecule is Cc1c(NC(=O)CSc2nncs2)c(=O)n(-c2ccccc2)n1C. The van der Waals surface area contributed by atoms with Crippen molar-refractivity contribution in [3.8, 4) is 5.69 Å². The largest absolute Gasteiger partial charge is 0.319 e. The number of carbonyl (C=O) groups excluding carboxylic acids is 1. The lowest BCUT2D eigenvalue weighted by Gasteiger charge is -2.07. The maximum absolute atomic E-state index is 12.7. The van der Waals surface area contributed by atoms with E-state index in [1.54, 1.807) is 24.2 Å². The highest BCUT2D eigenvalue weighted by Crippen LogP contribution is 2.19. The molecule has 0 saturated heterocycles. The van der Waals surface area contributed by atoms with Crippen molar-refractivity contribution in [1.82, 2.24) is 19.6 Å². The topological polar surface area (TPSA) is 81.8 Å². The van der Waals surface area contributed by atoms with Crippen molar-refractivity contribution in [3.63, 3.8) is 0 Å². The van der Waals surface area contributed by atoms with Gasteiger partial charge in [0.2, 0.25) is 5.91 Å². The highest BCUT2D eigenvalue weighted by molar-refractivity contribution is 8.01. The molecule has 1 N–H and O–H groups in total. The van der Waals surface area contributed by atoms with Crippen molar-refractivity contribution in [1.29, 1.82) is 0 Å². The van der Waals surface area contributed by atoms with Crippen LogP contribution < -0.4 is 10.9 Å². The molecule has 0 atom stereocenters. The van der Waals surface area contributed by atoms with E-state index in [2.05, 4.69) is 15.5 Å². The van der Waals surface area contributed by atoms with Gasteiger partial charge in [-0.3, -0.25) is 14.3 Å². The molecule has 1 amide bonds. The molecule has 124 valence electrons. The Bertz CT molecular complexity index is 900. The highest BCUT2D eigenvalue weighted by atomic mass is 32.2. The van der Waals surface area contributed by atoms with Gasteiger partial charge in [-0.05, 0) is 19.1 Å². The number of anilines is 1. The Kier molecular flexibility index (Phi) is 4.81. The zero-order chi connectivity index (χ0) is 17.1. The summed E-state index contributed by atoms with van der Waals surface area (Å²) in [5.41, 5.74) is 3.09. The Labute approximate surface area is 146 Å². The van der Waals surface area contributed by atoms with Gasteiger partial charge in [0.25, 0.3) is 5.56 Å². The van der Waals surface area contributed by atoms with Crippen LogP contribution in [-0.2, 0) is 11.8 Å². The van der Waals surface area contributed by atoms with Gasteiger partial charge in [0.1, 0.15) is 11.2 Å². The second kappa shape index (κ2) is 7.02. The van der Waals surface area contributed by atoms with Gasteiger partial charge in [0.05, 0.1) is 17.1 Å². The fourth-order valence-electron chi connectivity index (χ4n) is 2.24. The summed E-state index contributed by atoms with van der Waals surface area (Å²) in [5.74, 6) is -0.0740. The first-order valence-corrected chi connectivity index (χ1v) is 8.97. The van der Waals surface area contributed by atoms with Crippen LogP contribution >= 0.6 is 23.1 Å². The van der Waals surface area contributed by atoms with Crippen molar-refractivity contribution < 1.29 is 4.79 Å². The third-order valence-corrected chi connectivity index (χ3v) is 5.35. The number of thioether (sulfide) groups is 1. The van der Waals surface area contributed by atoms with Crippen LogP contribution in [0, 0.1) is 6.92 Å². The van der Waals surface area contributed by atoms with E-state index in [-0.39, 0.29) is 17.2 Å². The number of aromatic nitrogens is 4. The molecule has 3 aromatic rings. The second-order valence-corrected chi connectivity index (χ2v) is 7.03. The molecule has 0 aliphatic rings. The van der Waals surface area contributed by atoms with E-state index in [4.69, 9.17) is 0 Å². The molecule has 2 aromatic heterocycles. The predicted octanol–water partition coefficient (Wildman–Crippen LogP) is 2.07. The van der Waals surface area contributed by atoms with Crippen LogP contribution in [-0.4, -0.2) is 31.2 Å². The van der Waals surface area contributed by atoms with E-state index in [9.17, 15) is 9.59 Å². The van der Waals surface area contributed by atoms with Crippen LogP contribution in [0.2, 0.25) is 0 Å². The van der Waals surface area contributed by atoms with Gasteiger partial charge in [0.15, 0.2) is 4.34 Å². The number of hydrogen-bond acceptors (Lipinski definition) is 6. The number of nitrogens with one attached hydrogen (secondary N) is 1. The lowest BCUT2D eigenvalue weighted by Crippen LogP contribution is -2.23. The average molecular weight is 361 g/mol. The number of hydrogen-bond donors (Lipinski definition) is 1. The molecule has 0 spiro atoms. The smallest absolute Gasteiger partial charge is 0.295 e. The molecule has 0 aliphatic carbocycles. The van der Waals surface area contributed by atoms with Crippen molar-refractivity contribution in [3.05, 3.63) is 51.9 Å². The summed E-state index contributed by atoms with van der Waals surface area (Å²) < 4.78 is 3.98. The first-order chi connectivity index (χ1) is 11.6. The first-order valence-electron chi connectivity index (χ1n) is 7.10. The van der Waals surface area contributed by atoms with E-state index in [0.29, 0.717) is 11.4 Å². The Morgan fingerprint density at radius 1 is 1.33 bits per heavy atom. The van der Waals surface area contributed by atoms with E-state index in [1.807, 2.05) is 30.3 Å². The monoisotopic (exact) mass is 361 g/mol. The summed E-state index contributed by atoms with van der Waals surface area (Å²) in [5, 5.41) is 10.3.